The van der Waals surface area contributed by atoms with Crippen molar-refractivity contribution in [1.29, 1.82) is 0 Å². The largest absolute Gasteiger partial charge is 0.368 e. The van der Waals surface area contributed by atoms with Crippen LogP contribution in [0, 0.1) is 17.0 Å². The van der Waals surface area contributed by atoms with Crippen molar-refractivity contribution in [3.05, 3.63) is 76.1 Å². The lowest BCUT2D eigenvalue weighted by molar-refractivity contribution is -0.384. The summed E-state index contributed by atoms with van der Waals surface area (Å²) in [5.41, 5.74) is 2.43. The Kier molecular flexibility index (Phi) is 4.94. The van der Waals surface area contributed by atoms with Crippen molar-refractivity contribution in [2.24, 2.45) is 0 Å². The normalized spacial score (nSPS) is 14.1. The molecule has 2 aromatic carbocycles. The number of nitrogens with zero attached hydrogens (tertiary/aromatic N) is 6. The highest BCUT2D eigenvalue weighted by Gasteiger charge is 2.26. The van der Waals surface area contributed by atoms with Crippen LogP contribution in [0.5, 0.6) is 0 Å². The van der Waals surface area contributed by atoms with Crippen molar-refractivity contribution in [2.45, 2.75) is 6.92 Å². The highest BCUT2D eigenvalue weighted by atomic mass is 16.6. The Labute approximate surface area is 167 Å². The molecule has 1 fully saturated rings. The van der Waals surface area contributed by atoms with Crippen LogP contribution in [0.2, 0.25) is 0 Å². The first-order valence-corrected chi connectivity index (χ1v) is 9.31. The second kappa shape index (κ2) is 7.70. The number of piperazine rings is 1. The maximum atomic E-state index is 13.0. The molecule has 9 heteroatoms. The Hall–Kier alpha value is -3.75. The Morgan fingerprint density at radius 3 is 2.38 bits per heavy atom. The summed E-state index contributed by atoms with van der Waals surface area (Å²) < 4.78 is 1.46. The minimum Gasteiger partial charge on any atom is -0.368 e. The summed E-state index contributed by atoms with van der Waals surface area (Å²) in [5.74, 6) is -0.174. The van der Waals surface area contributed by atoms with E-state index in [4.69, 9.17) is 0 Å². The van der Waals surface area contributed by atoms with Gasteiger partial charge in [0.25, 0.3) is 11.6 Å². The number of aromatic nitrogens is 3. The molecule has 0 spiro atoms. The quantitative estimate of drug-likeness (QED) is 0.500. The summed E-state index contributed by atoms with van der Waals surface area (Å²) in [6.45, 7) is 4.42. The van der Waals surface area contributed by atoms with Gasteiger partial charge in [-0.2, -0.15) is 0 Å². The van der Waals surface area contributed by atoms with E-state index in [9.17, 15) is 14.9 Å². The summed E-state index contributed by atoms with van der Waals surface area (Å²) in [7, 11) is 0. The summed E-state index contributed by atoms with van der Waals surface area (Å²) in [4.78, 5) is 27.5. The molecule has 0 saturated carbocycles. The van der Waals surface area contributed by atoms with Crippen molar-refractivity contribution in [3.63, 3.8) is 0 Å². The van der Waals surface area contributed by atoms with Gasteiger partial charge in [0, 0.05) is 44.0 Å². The minimum absolute atomic E-state index is 0.0395. The van der Waals surface area contributed by atoms with Gasteiger partial charge in [0.05, 0.1) is 16.3 Å². The van der Waals surface area contributed by atoms with Gasteiger partial charge in [-0.25, -0.2) is 4.68 Å². The third kappa shape index (κ3) is 3.66. The van der Waals surface area contributed by atoms with Crippen LogP contribution in [-0.4, -0.2) is 56.9 Å². The number of benzene rings is 2. The second-order valence-electron chi connectivity index (χ2n) is 6.83. The van der Waals surface area contributed by atoms with Gasteiger partial charge in [0.15, 0.2) is 5.69 Å². The number of anilines is 1. The molecule has 0 atom stereocenters. The van der Waals surface area contributed by atoms with Crippen LogP contribution in [0.4, 0.5) is 11.4 Å². The summed E-state index contributed by atoms with van der Waals surface area (Å²) in [6.07, 6.45) is 0. The number of para-hydroxylation sites is 1. The van der Waals surface area contributed by atoms with Gasteiger partial charge in [-0.15, -0.1) is 5.10 Å². The molecule has 2 heterocycles. The smallest absolute Gasteiger partial charge is 0.276 e. The lowest BCUT2D eigenvalue weighted by Gasteiger charge is -2.35. The molecule has 3 aromatic rings. The molecular weight excluding hydrogens is 372 g/mol. The topological polar surface area (TPSA) is 97.4 Å². The molecule has 1 aliphatic heterocycles. The molecule has 1 aromatic heterocycles. The molecule has 0 unspecified atom stereocenters. The highest BCUT2D eigenvalue weighted by Crippen LogP contribution is 2.20. The number of nitro benzene ring substituents is 1. The third-order valence-electron chi connectivity index (χ3n) is 5.07. The Morgan fingerprint density at radius 1 is 1.00 bits per heavy atom. The SMILES string of the molecule is Cc1c(C(=O)N2CCN(c3ccccc3)CC2)nnn1-c1cccc([N+](=O)[O-])c1. The van der Waals surface area contributed by atoms with Crippen LogP contribution in [0.15, 0.2) is 54.6 Å². The van der Waals surface area contributed by atoms with E-state index >= 15 is 0 Å². The monoisotopic (exact) mass is 392 g/mol. The summed E-state index contributed by atoms with van der Waals surface area (Å²) in [6, 6.07) is 16.2. The molecule has 0 N–H and O–H groups in total. The Morgan fingerprint density at radius 2 is 1.69 bits per heavy atom. The molecule has 9 nitrogen and oxygen atoms in total. The summed E-state index contributed by atoms with van der Waals surface area (Å²) >= 11 is 0. The molecule has 29 heavy (non-hydrogen) atoms. The van der Waals surface area contributed by atoms with E-state index in [-0.39, 0.29) is 17.3 Å². The molecule has 1 saturated heterocycles. The van der Waals surface area contributed by atoms with Crippen LogP contribution >= 0.6 is 0 Å². The predicted molar refractivity (Wildman–Crippen MR) is 107 cm³/mol. The molecule has 1 amide bonds. The maximum absolute atomic E-state index is 13.0. The zero-order valence-electron chi connectivity index (χ0n) is 15.9. The first-order chi connectivity index (χ1) is 14.0. The van der Waals surface area contributed by atoms with Crippen LogP contribution in [0.1, 0.15) is 16.2 Å². The standard InChI is InChI=1S/C20H20N6O3/c1-15-19(21-22-25(15)17-8-5-9-18(14-17)26(28)29)20(27)24-12-10-23(11-13-24)16-6-3-2-4-7-16/h2-9,14H,10-13H2,1H3. The second-order valence-corrected chi connectivity index (χ2v) is 6.83. The fourth-order valence-electron chi connectivity index (χ4n) is 3.47. The number of hydrogen-bond donors (Lipinski definition) is 0. The predicted octanol–water partition coefficient (Wildman–Crippen LogP) is 2.45. The van der Waals surface area contributed by atoms with Crippen molar-refractivity contribution in [3.8, 4) is 5.69 Å². The molecule has 148 valence electrons. The van der Waals surface area contributed by atoms with Gasteiger partial charge in [0.2, 0.25) is 0 Å². The van der Waals surface area contributed by atoms with Crippen molar-refractivity contribution in [2.75, 3.05) is 31.1 Å². The average Bonchev–Trinajstić information content (AvgIpc) is 3.15. The average molecular weight is 392 g/mol. The lowest BCUT2D eigenvalue weighted by Crippen LogP contribution is -2.49. The van der Waals surface area contributed by atoms with Gasteiger partial charge in [-0.05, 0) is 25.1 Å². The van der Waals surface area contributed by atoms with Crippen molar-refractivity contribution >= 4 is 17.3 Å². The zero-order chi connectivity index (χ0) is 20.4. The Bertz CT molecular complexity index is 1040. The molecule has 0 aliphatic carbocycles. The minimum atomic E-state index is -0.464. The van der Waals surface area contributed by atoms with Crippen molar-refractivity contribution < 1.29 is 9.72 Å². The number of non-ortho nitro benzene ring substituents is 1. The third-order valence-corrected chi connectivity index (χ3v) is 5.07. The number of hydrogen-bond acceptors (Lipinski definition) is 6. The highest BCUT2D eigenvalue weighted by molar-refractivity contribution is 5.93. The van der Waals surface area contributed by atoms with E-state index < -0.39 is 4.92 Å². The van der Waals surface area contributed by atoms with E-state index in [0.717, 1.165) is 18.8 Å². The number of nitro groups is 1. The molecule has 4 rings (SSSR count). The zero-order valence-corrected chi connectivity index (χ0v) is 15.9. The van der Waals surface area contributed by atoms with Crippen LogP contribution < -0.4 is 4.90 Å². The molecule has 0 radical (unpaired) electrons. The number of rotatable bonds is 4. The fourth-order valence-corrected chi connectivity index (χ4v) is 3.47. The van der Waals surface area contributed by atoms with Crippen LogP contribution in [0.3, 0.4) is 0 Å². The van der Waals surface area contributed by atoms with E-state index in [1.165, 1.54) is 16.8 Å². The van der Waals surface area contributed by atoms with Gasteiger partial charge >= 0.3 is 0 Å². The fraction of sp³-hybridized carbons (Fsp3) is 0.250. The molecule has 0 bridgehead atoms. The van der Waals surface area contributed by atoms with Crippen LogP contribution in [0.25, 0.3) is 5.69 Å². The number of carbonyl (C=O) groups excluding carboxylic acids is 1. The van der Waals surface area contributed by atoms with E-state index in [1.54, 1.807) is 24.0 Å². The molecular formula is C20H20N6O3. The maximum Gasteiger partial charge on any atom is 0.276 e. The first-order valence-electron chi connectivity index (χ1n) is 9.31. The van der Waals surface area contributed by atoms with E-state index in [2.05, 4.69) is 27.3 Å². The van der Waals surface area contributed by atoms with E-state index in [1.807, 2.05) is 18.2 Å². The van der Waals surface area contributed by atoms with Gasteiger partial charge in [0.1, 0.15) is 0 Å². The number of amides is 1. The van der Waals surface area contributed by atoms with E-state index in [0.29, 0.717) is 24.5 Å². The first kappa shape index (κ1) is 18.6. The molecule has 1 aliphatic rings. The Balaban J connectivity index is 1.49. The van der Waals surface area contributed by atoms with Crippen LogP contribution in [-0.2, 0) is 0 Å². The van der Waals surface area contributed by atoms with Gasteiger partial charge in [-0.1, -0.05) is 29.5 Å². The lowest BCUT2D eigenvalue weighted by atomic mass is 10.2. The summed E-state index contributed by atoms with van der Waals surface area (Å²) in [5, 5.41) is 19.1. The van der Waals surface area contributed by atoms with Gasteiger partial charge in [-0.3, -0.25) is 14.9 Å². The van der Waals surface area contributed by atoms with Crippen molar-refractivity contribution in [1.82, 2.24) is 19.9 Å². The van der Waals surface area contributed by atoms with Gasteiger partial charge < -0.3 is 9.80 Å². The number of carbonyl (C=O) groups is 1.